The average molecular weight is 333 g/mol. The third-order valence-corrected chi connectivity index (χ3v) is 3.13. The molecule has 0 aliphatic heterocycles. The smallest absolute Gasteiger partial charge is 0.252 e. The second-order valence-corrected chi connectivity index (χ2v) is 4.92. The average Bonchev–Trinajstić information content (AvgIpc) is 2.60. The van der Waals surface area contributed by atoms with Crippen LogP contribution in [-0.4, -0.2) is 42.1 Å². The molecule has 2 aromatic rings. The zero-order chi connectivity index (χ0) is 16.5. The molecule has 0 radical (unpaired) electrons. The number of Topliss-reactive ketones (excluding diaryl/α,β-unsaturated/α-hetero) is 1. The molecule has 0 spiro atoms. The number of benzene rings is 1. The standard InChI is InChI=1S/C15H15N3O4S/c1-20-10-21-12-5-3-4-11(8-12)13(19)9-17-22-14-6-7-16-15(18-14)23-2/h3-9H,10H2,1-2H3/b17-9+. The van der Waals surface area contributed by atoms with Gasteiger partial charge in [-0.3, -0.25) is 4.79 Å². The summed E-state index contributed by atoms with van der Waals surface area (Å²) in [5.41, 5.74) is 0.429. The normalized spacial score (nSPS) is 10.7. The molecule has 1 aromatic heterocycles. The summed E-state index contributed by atoms with van der Waals surface area (Å²) in [6.07, 6.45) is 4.49. The van der Waals surface area contributed by atoms with Crippen molar-refractivity contribution >= 4 is 23.8 Å². The molecule has 23 heavy (non-hydrogen) atoms. The van der Waals surface area contributed by atoms with E-state index in [9.17, 15) is 4.79 Å². The first-order chi connectivity index (χ1) is 11.2. The lowest BCUT2D eigenvalue weighted by molar-refractivity contribution is 0.0510. The fraction of sp³-hybridized carbons (Fsp3) is 0.200. The highest BCUT2D eigenvalue weighted by atomic mass is 32.2. The molecule has 0 fully saturated rings. The summed E-state index contributed by atoms with van der Waals surface area (Å²) in [4.78, 5) is 25.2. The Labute approximate surface area is 137 Å². The number of hydrogen-bond donors (Lipinski definition) is 0. The number of carbonyl (C=O) groups excluding carboxylic acids is 1. The van der Waals surface area contributed by atoms with Gasteiger partial charge in [-0.05, 0) is 18.4 Å². The quantitative estimate of drug-likeness (QED) is 0.183. The fourth-order valence-corrected chi connectivity index (χ4v) is 1.89. The van der Waals surface area contributed by atoms with E-state index in [1.165, 1.54) is 18.9 Å². The van der Waals surface area contributed by atoms with E-state index in [1.807, 2.05) is 6.26 Å². The molecule has 0 N–H and O–H groups in total. The molecule has 0 atom stereocenters. The summed E-state index contributed by atoms with van der Waals surface area (Å²) in [5.74, 6) is 0.491. The molecule has 0 aliphatic carbocycles. The third-order valence-electron chi connectivity index (χ3n) is 2.57. The van der Waals surface area contributed by atoms with E-state index >= 15 is 0 Å². The first-order valence-corrected chi connectivity index (χ1v) is 7.79. The van der Waals surface area contributed by atoms with Crippen molar-refractivity contribution in [1.29, 1.82) is 0 Å². The zero-order valence-electron chi connectivity index (χ0n) is 12.6. The molecular formula is C15H15N3O4S. The second-order valence-electron chi connectivity index (χ2n) is 4.15. The molecule has 0 unspecified atom stereocenters. The Bertz CT molecular complexity index is 694. The Kier molecular flexibility index (Phi) is 6.52. The molecule has 2 rings (SSSR count). The lowest BCUT2D eigenvalue weighted by atomic mass is 10.1. The SMILES string of the molecule is COCOc1cccc(C(=O)/C=N/Oc2ccnc(SC)n2)c1. The van der Waals surface area contributed by atoms with E-state index in [0.29, 0.717) is 16.5 Å². The number of oxime groups is 1. The number of carbonyl (C=O) groups is 1. The highest BCUT2D eigenvalue weighted by molar-refractivity contribution is 7.98. The highest BCUT2D eigenvalue weighted by Crippen LogP contribution is 2.14. The van der Waals surface area contributed by atoms with Crippen LogP contribution >= 0.6 is 11.8 Å². The summed E-state index contributed by atoms with van der Waals surface area (Å²) in [5, 5.41) is 4.21. The van der Waals surface area contributed by atoms with Crippen LogP contribution in [0.25, 0.3) is 0 Å². The van der Waals surface area contributed by atoms with Gasteiger partial charge in [0, 0.05) is 24.9 Å². The Hall–Kier alpha value is -2.45. The van der Waals surface area contributed by atoms with Gasteiger partial charge >= 0.3 is 0 Å². The van der Waals surface area contributed by atoms with Crippen molar-refractivity contribution in [3.8, 4) is 11.6 Å². The van der Waals surface area contributed by atoms with Crippen molar-refractivity contribution in [2.45, 2.75) is 5.16 Å². The van der Waals surface area contributed by atoms with Crippen LogP contribution in [-0.2, 0) is 4.74 Å². The van der Waals surface area contributed by atoms with Crippen molar-refractivity contribution in [1.82, 2.24) is 9.97 Å². The predicted molar refractivity (Wildman–Crippen MR) is 86.2 cm³/mol. The maximum absolute atomic E-state index is 12.0. The van der Waals surface area contributed by atoms with Crippen molar-refractivity contribution in [3.63, 3.8) is 0 Å². The first kappa shape index (κ1) is 16.9. The Morgan fingerprint density at radius 3 is 3.04 bits per heavy atom. The van der Waals surface area contributed by atoms with Crippen LogP contribution in [0.3, 0.4) is 0 Å². The van der Waals surface area contributed by atoms with Crippen LogP contribution in [0, 0.1) is 0 Å². The minimum Gasteiger partial charge on any atom is -0.468 e. The number of rotatable bonds is 8. The van der Waals surface area contributed by atoms with Crippen LogP contribution in [0.4, 0.5) is 0 Å². The summed E-state index contributed by atoms with van der Waals surface area (Å²) < 4.78 is 10.1. The van der Waals surface area contributed by atoms with Gasteiger partial charge in [-0.25, -0.2) is 4.98 Å². The van der Waals surface area contributed by atoms with E-state index in [1.54, 1.807) is 36.5 Å². The topological polar surface area (TPSA) is 82.9 Å². The molecule has 0 saturated heterocycles. The van der Waals surface area contributed by atoms with Crippen molar-refractivity contribution in [3.05, 3.63) is 42.1 Å². The van der Waals surface area contributed by atoms with Crippen molar-refractivity contribution in [2.75, 3.05) is 20.2 Å². The summed E-state index contributed by atoms with van der Waals surface area (Å²) >= 11 is 1.38. The monoisotopic (exact) mass is 333 g/mol. The number of nitrogens with zero attached hydrogens (tertiary/aromatic N) is 3. The van der Waals surface area contributed by atoms with Crippen LogP contribution < -0.4 is 9.57 Å². The molecule has 0 bridgehead atoms. The maximum atomic E-state index is 12.0. The van der Waals surface area contributed by atoms with Gasteiger partial charge in [-0.2, -0.15) is 4.98 Å². The number of ketones is 1. The molecular weight excluding hydrogens is 318 g/mol. The van der Waals surface area contributed by atoms with Gasteiger partial charge in [0.25, 0.3) is 5.88 Å². The zero-order valence-corrected chi connectivity index (χ0v) is 13.4. The van der Waals surface area contributed by atoms with Gasteiger partial charge in [-0.1, -0.05) is 29.1 Å². The molecule has 0 amide bonds. The van der Waals surface area contributed by atoms with Crippen LogP contribution in [0.15, 0.2) is 46.8 Å². The fourth-order valence-electron chi connectivity index (χ4n) is 1.54. The van der Waals surface area contributed by atoms with Gasteiger partial charge in [0.05, 0.1) is 0 Å². The highest BCUT2D eigenvalue weighted by Gasteiger charge is 2.05. The molecule has 1 aromatic carbocycles. The van der Waals surface area contributed by atoms with Crippen molar-refractivity contribution < 1.29 is 19.1 Å². The summed E-state index contributed by atoms with van der Waals surface area (Å²) in [7, 11) is 1.52. The van der Waals surface area contributed by atoms with E-state index in [4.69, 9.17) is 14.3 Å². The van der Waals surface area contributed by atoms with Gasteiger partial charge in [0.15, 0.2) is 11.9 Å². The largest absolute Gasteiger partial charge is 0.468 e. The van der Waals surface area contributed by atoms with Crippen LogP contribution in [0.5, 0.6) is 11.6 Å². The number of thioether (sulfide) groups is 1. The summed E-state index contributed by atoms with van der Waals surface area (Å²) in [6.45, 7) is 0.111. The van der Waals surface area contributed by atoms with Gasteiger partial charge in [0.1, 0.15) is 12.0 Å². The Morgan fingerprint density at radius 2 is 2.26 bits per heavy atom. The van der Waals surface area contributed by atoms with Crippen LogP contribution in [0.2, 0.25) is 0 Å². The Morgan fingerprint density at radius 1 is 1.39 bits per heavy atom. The second kappa shape index (κ2) is 8.86. The number of hydrogen-bond acceptors (Lipinski definition) is 8. The lowest BCUT2D eigenvalue weighted by Crippen LogP contribution is -2.04. The van der Waals surface area contributed by atoms with Gasteiger partial charge in [0.2, 0.25) is 5.78 Å². The van der Waals surface area contributed by atoms with Gasteiger partial charge in [-0.15, -0.1) is 0 Å². The minimum absolute atomic E-state index is 0.111. The molecule has 0 aliphatic rings. The number of ether oxygens (including phenoxy) is 2. The summed E-state index contributed by atoms with van der Waals surface area (Å²) in [6, 6.07) is 8.26. The molecule has 0 saturated carbocycles. The molecule has 7 nitrogen and oxygen atoms in total. The lowest BCUT2D eigenvalue weighted by Gasteiger charge is -2.05. The first-order valence-electron chi connectivity index (χ1n) is 6.56. The third kappa shape index (κ3) is 5.35. The van der Waals surface area contributed by atoms with Gasteiger partial charge < -0.3 is 14.3 Å². The molecule has 8 heteroatoms. The van der Waals surface area contributed by atoms with E-state index in [2.05, 4.69) is 15.1 Å². The predicted octanol–water partition coefficient (Wildman–Crippen LogP) is 2.43. The van der Waals surface area contributed by atoms with E-state index in [0.717, 1.165) is 6.21 Å². The Balaban J connectivity index is 1.97. The number of methoxy groups -OCH3 is 1. The van der Waals surface area contributed by atoms with Crippen LogP contribution in [0.1, 0.15) is 10.4 Å². The maximum Gasteiger partial charge on any atom is 0.252 e. The molecule has 120 valence electrons. The van der Waals surface area contributed by atoms with E-state index in [-0.39, 0.29) is 18.5 Å². The molecule has 1 heterocycles. The number of aromatic nitrogens is 2. The minimum atomic E-state index is -0.313. The van der Waals surface area contributed by atoms with Crippen molar-refractivity contribution in [2.24, 2.45) is 5.16 Å². The van der Waals surface area contributed by atoms with E-state index < -0.39 is 0 Å².